The van der Waals surface area contributed by atoms with Crippen molar-refractivity contribution >= 4 is 32.3 Å². The molecule has 5 heteroatoms. The number of rotatable bonds is 4. The molecule has 1 aliphatic heterocycles. The quantitative estimate of drug-likeness (QED) is 0.664. The standard InChI is InChI=1S/C19H23NO3S/c1-5-6-12-20-13(2)19(3,4)18-15(20)11-10-14-8-7-9-16(17(14)18)24(21,22)23/h7-11H,5-6,12H2,1-4H3/p+1. The molecular weight excluding hydrogens is 322 g/mol. The molecule has 1 heterocycles. The van der Waals surface area contributed by atoms with Crippen LogP contribution in [-0.4, -0.2) is 29.8 Å². The van der Waals surface area contributed by atoms with Gasteiger partial charge in [-0.25, -0.2) is 0 Å². The summed E-state index contributed by atoms with van der Waals surface area (Å²) in [6.07, 6.45) is 2.17. The maximum absolute atomic E-state index is 11.9. The predicted octanol–water partition coefficient (Wildman–Crippen LogP) is 4.28. The molecule has 0 atom stereocenters. The first-order chi connectivity index (χ1) is 11.2. The molecule has 1 N–H and O–H groups in total. The van der Waals surface area contributed by atoms with Crippen LogP contribution in [0.5, 0.6) is 0 Å². The van der Waals surface area contributed by atoms with E-state index in [1.165, 1.54) is 11.8 Å². The zero-order chi connectivity index (χ0) is 17.7. The minimum atomic E-state index is -4.28. The molecule has 0 amide bonds. The lowest BCUT2D eigenvalue weighted by molar-refractivity contribution is -0.439. The van der Waals surface area contributed by atoms with E-state index in [2.05, 4.69) is 38.3 Å². The molecule has 2 aromatic rings. The third-order valence-electron chi connectivity index (χ3n) is 5.22. The molecule has 1 aliphatic rings. The molecular formula is C19H24NO3S+. The van der Waals surface area contributed by atoms with E-state index in [9.17, 15) is 13.0 Å². The number of hydrogen-bond acceptors (Lipinski definition) is 2. The van der Waals surface area contributed by atoms with E-state index in [1.54, 1.807) is 6.07 Å². The van der Waals surface area contributed by atoms with Gasteiger partial charge in [-0.1, -0.05) is 25.5 Å². The highest BCUT2D eigenvalue weighted by Gasteiger charge is 2.45. The third kappa shape index (κ3) is 2.47. The molecule has 4 nitrogen and oxygen atoms in total. The normalized spacial score (nSPS) is 16.7. The van der Waals surface area contributed by atoms with Gasteiger partial charge in [-0.05, 0) is 31.4 Å². The van der Waals surface area contributed by atoms with E-state index in [-0.39, 0.29) is 10.3 Å². The van der Waals surface area contributed by atoms with Gasteiger partial charge in [-0.15, -0.1) is 0 Å². The van der Waals surface area contributed by atoms with Crippen LogP contribution in [0.4, 0.5) is 5.69 Å². The lowest BCUT2D eigenvalue weighted by Crippen LogP contribution is -2.27. The average molecular weight is 346 g/mol. The summed E-state index contributed by atoms with van der Waals surface area (Å²) in [5.74, 6) is 0. The summed E-state index contributed by atoms with van der Waals surface area (Å²) >= 11 is 0. The van der Waals surface area contributed by atoms with Crippen LogP contribution in [0.3, 0.4) is 0 Å². The molecule has 0 bridgehead atoms. The summed E-state index contributed by atoms with van der Waals surface area (Å²) in [6, 6.07) is 9.06. The number of fused-ring (bicyclic) bond motifs is 3. The summed E-state index contributed by atoms with van der Waals surface area (Å²) < 4.78 is 35.9. The van der Waals surface area contributed by atoms with Crippen molar-refractivity contribution in [2.24, 2.45) is 0 Å². The van der Waals surface area contributed by atoms with Crippen molar-refractivity contribution in [1.82, 2.24) is 0 Å². The monoisotopic (exact) mass is 346 g/mol. The molecule has 0 unspecified atom stereocenters. The summed E-state index contributed by atoms with van der Waals surface area (Å²) in [4.78, 5) is -0.00457. The highest BCUT2D eigenvalue weighted by molar-refractivity contribution is 7.86. The fraction of sp³-hybridized carbons (Fsp3) is 0.421. The smallest absolute Gasteiger partial charge is 0.282 e. The van der Waals surface area contributed by atoms with Crippen LogP contribution in [0.25, 0.3) is 10.8 Å². The lowest BCUT2D eigenvalue weighted by atomic mass is 9.80. The molecule has 24 heavy (non-hydrogen) atoms. The first kappa shape index (κ1) is 17.1. The van der Waals surface area contributed by atoms with E-state index in [0.29, 0.717) is 5.39 Å². The molecule has 0 spiro atoms. The Labute approximate surface area is 143 Å². The number of hydrogen-bond donors (Lipinski definition) is 1. The highest BCUT2D eigenvalue weighted by Crippen LogP contribution is 2.45. The maximum atomic E-state index is 11.9. The van der Waals surface area contributed by atoms with Gasteiger partial charge in [0.1, 0.15) is 11.4 Å². The van der Waals surface area contributed by atoms with Crippen molar-refractivity contribution in [2.75, 3.05) is 6.54 Å². The van der Waals surface area contributed by atoms with Crippen molar-refractivity contribution in [3.63, 3.8) is 0 Å². The van der Waals surface area contributed by atoms with Crippen molar-refractivity contribution in [3.8, 4) is 0 Å². The van der Waals surface area contributed by atoms with E-state index in [1.807, 2.05) is 12.1 Å². The van der Waals surface area contributed by atoms with Crippen molar-refractivity contribution in [2.45, 2.75) is 50.8 Å². The summed E-state index contributed by atoms with van der Waals surface area (Å²) in [6.45, 7) is 9.42. The van der Waals surface area contributed by atoms with Crippen molar-refractivity contribution < 1.29 is 17.5 Å². The predicted molar refractivity (Wildman–Crippen MR) is 97.2 cm³/mol. The van der Waals surface area contributed by atoms with Crippen molar-refractivity contribution in [3.05, 3.63) is 35.9 Å². The van der Waals surface area contributed by atoms with Gasteiger partial charge in [-0.2, -0.15) is 13.0 Å². The molecule has 0 saturated carbocycles. The van der Waals surface area contributed by atoms with Crippen LogP contribution in [-0.2, 0) is 15.5 Å². The first-order valence-electron chi connectivity index (χ1n) is 8.35. The van der Waals surface area contributed by atoms with Gasteiger partial charge in [-0.3, -0.25) is 4.55 Å². The van der Waals surface area contributed by atoms with Gasteiger partial charge in [0.05, 0.1) is 5.41 Å². The molecule has 0 fully saturated rings. The van der Waals surface area contributed by atoms with E-state index >= 15 is 0 Å². The Morgan fingerprint density at radius 3 is 2.50 bits per heavy atom. The molecule has 0 saturated heterocycles. The van der Waals surface area contributed by atoms with Gasteiger partial charge in [0.15, 0.2) is 5.71 Å². The Morgan fingerprint density at radius 2 is 1.88 bits per heavy atom. The molecule has 128 valence electrons. The minimum absolute atomic E-state index is 0.00457. The Balaban J connectivity index is 2.40. The second-order valence-corrected chi connectivity index (χ2v) is 8.39. The summed E-state index contributed by atoms with van der Waals surface area (Å²) in [5, 5.41) is 1.47. The van der Waals surface area contributed by atoms with Gasteiger partial charge in [0.25, 0.3) is 10.1 Å². The van der Waals surface area contributed by atoms with E-state index < -0.39 is 10.1 Å². The van der Waals surface area contributed by atoms with Crippen LogP contribution < -0.4 is 0 Å². The van der Waals surface area contributed by atoms with Crippen molar-refractivity contribution in [1.29, 1.82) is 0 Å². The zero-order valence-corrected chi connectivity index (χ0v) is 15.4. The third-order valence-corrected chi connectivity index (χ3v) is 6.12. The number of nitrogens with zero attached hydrogens (tertiary/aromatic N) is 1. The second kappa shape index (κ2) is 5.67. The number of unbranched alkanes of at least 4 members (excludes halogenated alkanes) is 1. The van der Waals surface area contributed by atoms with Gasteiger partial charge < -0.3 is 0 Å². The largest absolute Gasteiger partial charge is 0.295 e. The van der Waals surface area contributed by atoms with Crippen LogP contribution in [0.2, 0.25) is 0 Å². The highest BCUT2D eigenvalue weighted by atomic mass is 32.2. The molecule has 0 radical (unpaired) electrons. The van der Waals surface area contributed by atoms with E-state index in [4.69, 9.17) is 0 Å². The van der Waals surface area contributed by atoms with Crippen LogP contribution in [0.15, 0.2) is 35.2 Å². The number of benzene rings is 2. The Kier molecular flexibility index (Phi) is 4.04. The van der Waals surface area contributed by atoms with Gasteiger partial charge >= 0.3 is 0 Å². The summed E-state index contributed by atoms with van der Waals surface area (Å²) in [7, 11) is -4.28. The SMILES string of the molecule is CCCC[N+]1=C(C)C(C)(C)c2c1ccc1cccc(S(=O)(=O)O)c21. The minimum Gasteiger partial charge on any atom is -0.282 e. The zero-order valence-electron chi connectivity index (χ0n) is 14.6. The topological polar surface area (TPSA) is 57.4 Å². The van der Waals surface area contributed by atoms with Crippen LogP contribution in [0.1, 0.15) is 46.1 Å². The molecule has 0 aromatic heterocycles. The van der Waals surface area contributed by atoms with Crippen LogP contribution >= 0.6 is 0 Å². The Hall–Kier alpha value is -1.72. The lowest BCUT2D eigenvalue weighted by Gasteiger charge is -2.18. The van der Waals surface area contributed by atoms with Gasteiger partial charge in [0, 0.05) is 30.4 Å². The molecule has 2 aromatic carbocycles. The first-order valence-corrected chi connectivity index (χ1v) is 9.79. The summed E-state index contributed by atoms with van der Waals surface area (Å²) in [5.41, 5.74) is 2.96. The fourth-order valence-electron chi connectivity index (χ4n) is 3.71. The Morgan fingerprint density at radius 1 is 1.17 bits per heavy atom. The van der Waals surface area contributed by atoms with Crippen LogP contribution in [0, 0.1) is 0 Å². The fourth-order valence-corrected chi connectivity index (χ4v) is 4.44. The maximum Gasteiger partial charge on any atom is 0.295 e. The average Bonchev–Trinajstić information content (AvgIpc) is 2.71. The van der Waals surface area contributed by atoms with Gasteiger partial charge in [0.2, 0.25) is 5.69 Å². The molecule has 3 rings (SSSR count). The second-order valence-electron chi connectivity index (χ2n) is 7.00. The Bertz CT molecular complexity index is 956. The van der Waals surface area contributed by atoms with E-state index in [0.717, 1.165) is 36.0 Å². The molecule has 0 aliphatic carbocycles.